The molecule has 0 amide bonds. The summed E-state index contributed by atoms with van der Waals surface area (Å²) in [7, 11) is 3.12. The molecule has 9 heavy (non-hydrogen) atoms. The zero-order valence-electron chi connectivity index (χ0n) is 4.49. The van der Waals surface area contributed by atoms with Gasteiger partial charge in [-0.05, 0) is 11.3 Å². The van der Waals surface area contributed by atoms with E-state index >= 15 is 0 Å². The Morgan fingerprint density at radius 1 is 1.44 bits per heavy atom. The lowest BCUT2D eigenvalue weighted by atomic mass is 10.3. The van der Waals surface area contributed by atoms with E-state index in [2.05, 4.69) is 10.2 Å². The second kappa shape index (κ2) is 2.50. The van der Waals surface area contributed by atoms with Gasteiger partial charge >= 0.3 is 0 Å². The molecule has 1 aromatic carbocycles. The van der Waals surface area contributed by atoms with Gasteiger partial charge in [-0.15, -0.1) is 0 Å². The highest BCUT2D eigenvalue weighted by atomic mass is 35.5. The van der Waals surface area contributed by atoms with Gasteiger partial charge in [0.2, 0.25) is 0 Å². The first-order valence-corrected chi connectivity index (χ1v) is 3.25. The summed E-state index contributed by atoms with van der Waals surface area (Å²) in [6.07, 6.45) is 0. The Bertz CT molecular complexity index is 204. The lowest BCUT2D eigenvalue weighted by Crippen LogP contribution is -2.04. The van der Waals surface area contributed by atoms with Crippen LogP contribution in [-0.4, -0.2) is 10.2 Å². The van der Waals surface area contributed by atoms with Crippen LogP contribution in [-0.2, 0) is 0 Å². The van der Waals surface area contributed by atoms with Crippen LogP contribution in [0.1, 0.15) is 0 Å². The Morgan fingerprint density at radius 3 is 2.56 bits per heavy atom. The Kier molecular flexibility index (Phi) is 1.88. The highest BCUT2D eigenvalue weighted by molar-refractivity contribution is 6.45. The summed E-state index contributed by atoms with van der Waals surface area (Å²) in [6.45, 7) is 0. The minimum absolute atomic E-state index is 0.133. The van der Waals surface area contributed by atoms with Crippen LogP contribution in [0, 0.1) is 5.82 Å². The third kappa shape index (κ3) is 1.31. The molecule has 0 atom stereocenters. The first-order chi connectivity index (χ1) is 4.22. The summed E-state index contributed by atoms with van der Waals surface area (Å²) in [6, 6.07) is 4.58. The number of benzene rings is 1. The minimum atomic E-state index is -0.399. The molecule has 0 saturated heterocycles. The van der Waals surface area contributed by atoms with Gasteiger partial charge in [0.1, 0.15) is 5.82 Å². The van der Waals surface area contributed by atoms with Crippen molar-refractivity contribution in [2.45, 2.75) is 0 Å². The molecule has 3 heteroatoms. The smallest absolute Gasteiger partial charge is 0.141 e. The Labute approximate surface area is 61.1 Å². The third-order valence-corrected chi connectivity index (χ3v) is 1.91. The van der Waals surface area contributed by atoms with Crippen molar-refractivity contribution in [3.8, 4) is 0 Å². The summed E-state index contributed by atoms with van der Waals surface area (Å²) in [5.74, 6) is -0.399. The quantitative estimate of drug-likeness (QED) is 0.498. The average molecular weight is 158 g/mol. The molecule has 0 unspecified atom stereocenters. The summed E-state index contributed by atoms with van der Waals surface area (Å²) >= 11 is 5.45. The molecule has 0 nitrogen and oxygen atoms in total. The molecule has 0 heterocycles. The molecule has 0 fully saturated rings. The van der Waals surface area contributed by atoms with Crippen molar-refractivity contribution in [1.82, 2.24) is 0 Å². The molecule has 0 aromatic heterocycles. The zero-order valence-corrected chi connectivity index (χ0v) is 6.24. The minimum Gasteiger partial charge on any atom is -0.205 e. The van der Waals surface area contributed by atoms with E-state index in [1.54, 1.807) is 12.1 Å². The molecule has 1 aromatic rings. The molecule has 0 aliphatic rings. The largest absolute Gasteiger partial charge is 0.205 e. The topological polar surface area (TPSA) is 0 Å². The Morgan fingerprint density at radius 2 is 2.11 bits per heavy atom. The Balaban J connectivity index is 3.25. The number of halogens is 2. The van der Waals surface area contributed by atoms with Crippen molar-refractivity contribution >= 4 is 27.0 Å². The summed E-state index contributed by atoms with van der Waals surface area (Å²) < 4.78 is 12.4. The van der Waals surface area contributed by atoms with Crippen molar-refractivity contribution in [3.05, 3.63) is 29.0 Å². The fraction of sp³-hybridized carbons (Fsp3) is 0. The molecular weight excluding hydrogens is 155 g/mol. The summed E-state index contributed by atoms with van der Waals surface area (Å²) in [4.78, 5) is 0. The number of hydrogen-bond acceptors (Lipinski definition) is 0. The first kappa shape index (κ1) is 6.77. The van der Waals surface area contributed by atoms with Crippen molar-refractivity contribution in [2.24, 2.45) is 0 Å². The molecular formula is C6H3ClFSi. The maximum atomic E-state index is 12.4. The molecule has 0 bridgehead atoms. The van der Waals surface area contributed by atoms with Gasteiger partial charge in [0.05, 0.1) is 15.3 Å². The molecule has 3 radical (unpaired) electrons. The van der Waals surface area contributed by atoms with Crippen LogP contribution in [0.4, 0.5) is 4.39 Å². The van der Waals surface area contributed by atoms with Gasteiger partial charge < -0.3 is 0 Å². The second-order valence-corrected chi connectivity index (χ2v) is 2.52. The van der Waals surface area contributed by atoms with E-state index in [0.29, 0.717) is 5.19 Å². The number of rotatable bonds is 0. The van der Waals surface area contributed by atoms with Gasteiger partial charge in [-0.2, -0.15) is 0 Å². The maximum absolute atomic E-state index is 12.4. The molecule has 45 valence electrons. The third-order valence-electron chi connectivity index (χ3n) is 0.952. The van der Waals surface area contributed by atoms with E-state index in [0.717, 1.165) is 0 Å². The van der Waals surface area contributed by atoms with Crippen LogP contribution < -0.4 is 5.19 Å². The van der Waals surface area contributed by atoms with Crippen molar-refractivity contribution < 1.29 is 4.39 Å². The fourth-order valence-corrected chi connectivity index (χ4v) is 0.845. The average Bonchev–Trinajstić information content (AvgIpc) is 1.83. The lowest BCUT2D eigenvalue weighted by molar-refractivity contribution is 0.629. The first-order valence-electron chi connectivity index (χ1n) is 2.37. The van der Waals surface area contributed by atoms with Gasteiger partial charge in [-0.25, -0.2) is 4.39 Å². The molecule has 0 saturated carbocycles. The standard InChI is InChI=1S/C6H3ClFSi/c7-6-4(8)2-1-3-5(6)9/h1-3H. The maximum Gasteiger partial charge on any atom is 0.141 e. The van der Waals surface area contributed by atoms with E-state index in [1.165, 1.54) is 6.07 Å². The molecule has 0 aliphatic heterocycles. The lowest BCUT2D eigenvalue weighted by Gasteiger charge is -1.94. The molecule has 0 N–H and O–H groups in total. The van der Waals surface area contributed by atoms with Crippen molar-refractivity contribution in [3.63, 3.8) is 0 Å². The van der Waals surface area contributed by atoms with Crippen LogP contribution in [0.15, 0.2) is 18.2 Å². The SMILES string of the molecule is Fc1cccc([Si])c1Cl. The number of hydrogen-bond donors (Lipinski definition) is 0. The second-order valence-electron chi connectivity index (χ2n) is 1.60. The zero-order chi connectivity index (χ0) is 6.85. The predicted molar refractivity (Wildman–Crippen MR) is 36.8 cm³/mol. The van der Waals surface area contributed by atoms with Crippen LogP contribution in [0.3, 0.4) is 0 Å². The van der Waals surface area contributed by atoms with E-state index in [4.69, 9.17) is 11.6 Å². The highest BCUT2D eigenvalue weighted by Crippen LogP contribution is 2.08. The van der Waals surface area contributed by atoms with Gasteiger partial charge in [-0.3, -0.25) is 0 Å². The Hall–Kier alpha value is -0.343. The van der Waals surface area contributed by atoms with Crippen LogP contribution in [0.5, 0.6) is 0 Å². The van der Waals surface area contributed by atoms with Gasteiger partial charge in [-0.1, -0.05) is 23.7 Å². The van der Waals surface area contributed by atoms with Crippen LogP contribution in [0.25, 0.3) is 0 Å². The van der Waals surface area contributed by atoms with Gasteiger partial charge in [0.15, 0.2) is 0 Å². The normalized spacial score (nSPS) is 9.67. The predicted octanol–water partition coefficient (Wildman–Crippen LogP) is 1.27. The summed E-state index contributed by atoms with van der Waals surface area (Å²) in [5.41, 5.74) is 0. The molecule has 0 aliphatic carbocycles. The molecule has 1 rings (SSSR count). The van der Waals surface area contributed by atoms with Crippen LogP contribution in [0.2, 0.25) is 5.02 Å². The van der Waals surface area contributed by atoms with Crippen LogP contribution >= 0.6 is 11.6 Å². The monoisotopic (exact) mass is 157 g/mol. The highest BCUT2D eigenvalue weighted by Gasteiger charge is 1.98. The van der Waals surface area contributed by atoms with Gasteiger partial charge in [0.25, 0.3) is 0 Å². The van der Waals surface area contributed by atoms with E-state index in [1.807, 2.05) is 0 Å². The molecule has 0 spiro atoms. The van der Waals surface area contributed by atoms with E-state index in [-0.39, 0.29) is 5.02 Å². The van der Waals surface area contributed by atoms with E-state index < -0.39 is 5.82 Å². The van der Waals surface area contributed by atoms with Crippen molar-refractivity contribution in [2.75, 3.05) is 0 Å². The fourth-order valence-electron chi connectivity index (χ4n) is 0.504. The summed E-state index contributed by atoms with van der Waals surface area (Å²) in [5, 5.41) is 0.714. The van der Waals surface area contributed by atoms with E-state index in [9.17, 15) is 4.39 Å². The van der Waals surface area contributed by atoms with Gasteiger partial charge in [0, 0.05) is 0 Å². The van der Waals surface area contributed by atoms with Crippen molar-refractivity contribution in [1.29, 1.82) is 0 Å².